The van der Waals surface area contributed by atoms with E-state index >= 15 is 0 Å². The highest BCUT2D eigenvalue weighted by Crippen LogP contribution is 2.26. The molecule has 0 N–H and O–H groups in total. The third-order valence-corrected chi connectivity index (χ3v) is 4.17. The fourth-order valence-corrected chi connectivity index (χ4v) is 2.93. The average Bonchev–Trinajstić information content (AvgIpc) is 2.97. The Morgan fingerprint density at radius 2 is 2.25 bits per heavy atom. The van der Waals surface area contributed by atoms with Crippen molar-refractivity contribution in [3.05, 3.63) is 22.4 Å². The van der Waals surface area contributed by atoms with Crippen LogP contribution >= 0.6 is 11.3 Å². The first-order valence-corrected chi connectivity index (χ1v) is 7.90. The summed E-state index contributed by atoms with van der Waals surface area (Å²) in [6, 6.07) is 4.11. The first-order valence-electron chi connectivity index (χ1n) is 7.02. The summed E-state index contributed by atoms with van der Waals surface area (Å²) in [5.74, 6) is 0. The molecule has 2 rings (SSSR count). The molecule has 1 amide bonds. The maximum Gasteiger partial charge on any atom is 0.410 e. The smallest absolute Gasteiger partial charge is 0.410 e. The second-order valence-electron chi connectivity index (χ2n) is 6.13. The predicted octanol–water partition coefficient (Wildman–Crippen LogP) is 3.84. The van der Waals surface area contributed by atoms with E-state index in [1.54, 1.807) is 16.2 Å². The quantitative estimate of drug-likeness (QED) is 0.851. The van der Waals surface area contributed by atoms with Crippen molar-refractivity contribution in [2.24, 2.45) is 0 Å². The summed E-state index contributed by atoms with van der Waals surface area (Å²) < 4.78 is 11.4. The summed E-state index contributed by atoms with van der Waals surface area (Å²) >= 11 is 1.70. The van der Waals surface area contributed by atoms with E-state index in [1.165, 1.54) is 4.88 Å². The van der Waals surface area contributed by atoms with Crippen molar-refractivity contribution in [2.75, 3.05) is 13.1 Å². The minimum Gasteiger partial charge on any atom is -0.444 e. The molecular formula is C15H23NO3S. The Morgan fingerprint density at radius 1 is 1.50 bits per heavy atom. The Morgan fingerprint density at radius 3 is 2.85 bits per heavy atom. The van der Waals surface area contributed by atoms with E-state index in [2.05, 4.69) is 18.4 Å². The van der Waals surface area contributed by atoms with Crippen molar-refractivity contribution in [1.82, 2.24) is 4.90 Å². The Labute approximate surface area is 124 Å². The van der Waals surface area contributed by atoms with Crippen molar-refractivity contribution >= 4 is 17.4 Å². The molecule has 1 aliphatic rings. The normalized spacial score (nSPS) is 21.0. The Bertz CT molecular complexity index is 438. The van der Waals surface area contributed by atoms with Gasteiger partial charge in [-0.2, -0.15) is 0 Å². The Balaban J connectivity index is 1.82. The van der Waals surface area contributed by atoms with Gasteiger partial charge in [0.2, 0.25) is 0 Å². The lowest BCUT2D eigenvalue weighted by Crippen LogP contribution is -2.36. The number of nitrogens with zero attached hydrogens (tertiary/aromatic N) is 1. The molecule has 1 aromatic rings. The number of hydrogen-bond acceptors (Lipinski definition) is 4. The lowest BCUT2D eigenvalue weighted by Gasteiger charge is -2.24. The molecule has 1 aliphatic heterocycles. The van der Waals surface area contributed by atoms with Gasteiger partial charge >= 0.3 is 6.09 Å². The molecule has 20 heavy (non-hydrogen) atoms. The highest BCUT2D eigenvalue weighted by atomic mass is 32.1. The van der Waals surface area contributed by atoms with E-state index in [0.717, 1.165) is 6.42 Å². The minimum atomic E-state index is -0.444. The second kappa shape index (κ2) is 6.14. The summed E-state index contributed by atoms with van der Waals surface area (Å²) in [7, 11) is 0. The summed E-state index contributed by atoms with van der Waals surface area (Å²) in [5.41, 5.74) is -0.444. The van der Waals surface area contributed by atoms with Gasteiger partial charge in [0.15, 0.2) is 0 Å². The first-order chi connectivity index (χ1) is 9.35. The summed E-state index contributed by atoms with van der Waals surface area (Å²) in [4.78, 5) is 14.9. The van der Waals surface area contributed by atoms with E-state index < -0.39 is 5.60 Å². The molecule has 0 saturated carbocycles. The zero-order valence-corrected chi connectivity index (χ0v) is 13.4. The van der Waals surface area contributed by atoms with Crippen LogP contribution in [0.4, 0.5) is 4.79 Å². The molecule has 2 unspecified atom stereocenters. The Hall–Kier alpha value is -1.07. The van der Waals surface area contributed by atoms with E-state index in [1.807, 2.05) is 26.8 Å². The molecule has 0 aliphatic carbocycles. The molecule has 0 spiro atoms. The topological polar surface area (TPSA) is 38.8 Å². The monoisotopic (exact) mass is 297 g/mol. The fraction of sp³-hybridized carbons (Fsp3) is 0.667. The van der Waals surface area contributed by atoms with Crippen molar-refractivity contribution < 1.29 is 14.3 Å². The fourth-order valence-electron chi connectivity index (χ4n) is 2.21. The average molecular weight is 297 g/mol. The van der Waals surface area contributed by atoms with Gasteiger partial charge in [0.05, 0.1) is 18.8 Å². The van der Waals surface area contributed by atoms with E-state index in [9.17, 15) is 4.79 Å². The zero-order valence-electron chi connectivity index (χ0n) is 12.6. The number of carbonyl (C=O) groups is 1. The summed E-state index contributed by atoms with van der Waals surface area (Å²) in [5, 5.41) is 2.05. The highest BCUT2D eigenvalue weighted by Gasteiger charge is 2.31. The number of carbonyl (C=O) groups excluding carboxylic acids is 1. The molecule has 0 aromatic carbocycles. The van der Waals surface area contributed by atoms with Crippen LogP contribution in [-0.2, 0) is 9.47 Å². The SMILES string of the molecule is CC(OC1CCN(C(=O)OC(C)(C)C)C1)c1cccs1. The van der Waals surface area contributed by atoms with Gasteiger partial charge in [0, 0.05) is 11.4 Å². The van der Waals surface area contributed by atoms with Crippen molar-refractivity contribution in [3.8, 4) is 0 Å². The van der Waals surface area contributed by atoms with Crippen LogP contribution in [0, 0.1) is 0 Å². The van der Waals surface area contributed by atoms with Crippen molar-refractivity contribution in [2.45, 2.75) is 51.9 Å². The predicted molar refractivity (Wildman–Crippen MR) is 80.0 cm³/mol. The standard InChI is InChI=1S/C15H23NO3S/c1-11(13-6-5-9-20-13)18-12-7-8-16(10-12)14(17)19-15(2,3)4/h5-6,9,11-12H,7-8,10H2,1-4H3. The number of thiophene rings is 1. The largest absolute Gasteiger partial charge is 0.444 e. The van der Waals surface area contributed by atoms with Gasteiger partial charge in [0.1, 0.15) is 5.60 Å². The molecule has 112 valence electrons. The van der Waals surface area contributed by atoms with Crippen LogP contribution in [-0.4, -0.2) is 35.8 Å². The van der Waals surface area contributed by atoms with Crippen molar-refractivity contribution in [1.29, 1.82) is 0 Å². The van der Waals surface area contributed by atoms with E-state index in [-0.39, 0.29) is 18.3 Å². The summed E-state index contributed by atoms with van der Waals surface area (Å²) in [6.45, 7) is 9.03. The van der Waals surface area contributed by atoms with Crippen LogP contribution in [0.1, 0.15) is 45.1 Å². The van der Waals surface area contributed by atoms with Crippen LogP contribution < -0.4 is 0 Å². The minimum absolute atomic E-state index is 0.0820. The molecule has 0 radical (unpaired) electrons. The Kier molecular flexibility index (Phi) is 4.70. The van der Waals surface area contributed by atoms with Crippen LogP contribution in [0.2, 0.25) is 0 Å². The molecule has 2 heterocycles. The van der Waals surface area contributed by atoms with Gasteiger partial charge in [-0.05, 0) is 45.6 Å². The van der Waals surface area contributed by atoms with Crippen LogP contribution in [0.25, 0.3) is 0 Å². The summed E-state index contributed by atoms with van der Waals surface area (Å²) in [6.07, 6.45) is 0.806. The van der Waals surface area contributed by atoms with Gasteiger partial charge < -0.3 is 14.4 Å². The van der Waals surface area contributed by atoms with Gasteiger partial charge in [-0.15, -0.1) is 11.3 Å². The van der Waals surface area contributed by atoms with Crippen LogP contribution in [0.15, 0.2) is 17.5 Å². The lowest BCUT2D eigenvalue weighted by atomic mass is 10.2. The molecule has 1 fully saturated rings. The van der Waals surface area contributed by atoms with E-state index in [0.29, 0.717) is 13.1 Å². The maximum absolute atomic E-state index is 12.0. The van der Waals surface area contributed by atoms with Crippen LogP contribution in [0.3, 0.4) is 0 Å². The van der Waals surface area contributed by atoms with Crippen molar-refractivity contribution in [3.63, 3.8) is 0 Å². The zero-order chi connectivity index (χ0) is 14.8. The number of ether oxygens (including phenoxy) is 2. The third-order valence-electron chi connectivity index (χ3n) is 3.14. The molecule has 5 heteroatoms. The second-order valence-corrected chi connectivity index (χ2v) is 7.11. The maximum atomic E-state index is 12.0. The molecule has 0 bridgehead atoms. The molecule has 4 nitrogen and oxygen atoms in total. The molecule has 1 saturated heterocycles. The van der Waals surface area contributed by atoms with Gasteiger partial charge in [0.25, 0.3) is 0 Å². The molecular weight excluding hydrogens is 274 g/mol. The number of hydrogen-bond donors (Lipinski definition) is 0. The molecule has 2 atom stereocenters. The highest BCUT2D eigenvalue weighted by molar-refractivity contribution is 7.10. The van der Waals surface area contributed by atoms with Gasteiger partial charge in [-0.3, -0.25) is 0 Å². The third kappa shape index (κ3) is 4.21. The number of likely N-dealkylation sites (tertiary alicyclic amines) is 1. The lowest BCUT2D eigenvalue weighted by molar-refractivity contribution is -0.00253. The molecule has 1 aromatic heterocycles. The first kappa shape index (κ1) is 15.3. The number of rotatable bonds is 3. The van der Waals surface area contributed by atoms with E-state index in [4.69, 9.17) is 9.47 Å². The van der Waals surface area contributed by atoms with Gasteiger partial charge in [-0.1, -0.05) is 6.07 Å². The van der Waals surface area contributed by atoms with Gasteiger partial charge in [-0.25, -0.2) is 4.79 Å². The van der Waals surface area contributed by atoms with Crippen LogP contribution in [0.5, 0.6) is 0 Å². The number of amides is 1.